The molecule has 2 nitrogen and oxygen atoms in total. The number of nitrogens with one attached hydrogen (secondary N) is 1. The number of rotatable bonds is 3. The first kappa shape index (κ1) is 10.9. The van der Waals surface area contributed by atoms with Crippen molar-refractivity contribution < 1.29 is 0 Å². The van der Waals surface area contributed by atoms with E-state index in [1.54, 1.807) is 11.3 Å². The van der Waals surface area contributed by atoms with Crippen LogP contribution in [0.15, 0.2) is 18.3 Å². The topological polar surface area (TPSA) is 20.7 Å². The van der Waals surface area contributed by atoms with E-state index in [9.17, 15) is 0 Å². The standard InChI is InChI=1S/C10H11ClN2S2/c1-7-6-13(10(14)12-7)5-4-8-2-3-9(11)15-8/h2-3,6H,4-5H2,1H3,(H,12,14). The first-order valence-electron chi connectivity index (χ1n) is 4.65. The first-order chi connectivity index (χ1) is 7.15. The second-order valence-electron chi connectivity index (χ2n) is 3.39. The van der Waals surface area contributed by atoms with Crippen molar-refractivity contribution in [2.75, 3.05) is 0 Å². The van der Waals surface area contributed by atoms with Gasteiger partial charge in [-0.1, -0.05) is 11.6 Å². The highest BCUT2D eigenvalue weighted by Gasteiger charge is 2.00. The van der Waals surface area contributed by atoms with Gasteiger partial charge in [0.1, 0.15) is 0 Å². The Bertz CT molecular complexity index is 509. The van der Waals surface area contributed by atoms with Crippen LogP contribution in [-0.2, 0) is 13.0 Å². The molecule has 1 N–H and O–H groups in total. The normalized spacial score (nSPS) is 10.8. The summed E-state index contributed by atoms with van der Waals surface area (Å²) in [5, 5.41) is 0. The van der Waals surface area contributed by atoms with Crippen LogP contribution in [0.3, 0.4) is 0 Å². The van der Waals surface area contributed by atoms with Crippen molar-refractivity contribution in [3.05, 3.63) is 38.0 Å². The third-order valence-electron chi connectivity index (χ3n) is 2.14. The molecule has 2 aromatic heterocycles. The van der Waals surface area contributed by atoms with Gasteiger partial charge in [-0.2, -0.15) is 0 Å². The number of imidazole rings is 1. The highest BCUT2D eigenvalue weighted by molar-refractivity contribution is 7.71. The Balaban J connectivity index is 2.05. The summed E-state index contributed by atoms with van der Waals surface area (Å²) >= 11 is 12.7. The number of hydrogen-bond acceptors (Lipinski definition) is 2. The van der Waals surface area contributed by atoms with Crippen molar-refractivity contribution in [1.29, 1.82) is 0 Å². The van der Waals surface area contributed by atoms with Crippen LogP contribution in [-0.4, -0.2) is 9.55 Å². The van der Waals surface area contributed by atoms with Crippen LogP contribution in [0.25, 0.3) is 0 Å². The van der Waals surface area contributed by atoms with E-state index >= 15 is 0 Å². The minimum absolute atomic E-state index is 0.787. The number of aryl methyl sites for hydroxylation is 3. The predicted molar refractivity (Wildman–Crippen MR) is 67.4 cm³/mol. The summed E-state index contributed by atoms with van der Waals surface area (Å²) in [4.78, 5) is 4.40. The largest absolute Gasteiger partial charge is 0.335 e. The van der Waals surface area contributed by atoms with E-state index in [1.165, 1.54) is 4.88 Å². The Morgan fingerprint density at radius 2 is 2.33 bits per heavy atom. The molecule has 5 heteroatoms. The molecule has 0 amide bonds. The second kappa shape index (κ2) is 4.51. The van der Waals surface area contributed by atoms with E-state index in [2.05, 4.69) is 15.6 Å². The molecule has 80 valence electrons. The van der Waals surface area contributed by atoms with Crippen LogP contribution >= 0.6 is 35.2 Å². The molecule has 0 radical (unpaired) electrons. The molecule has 0 unspecified atom stereocenters. The van der Waals surface area contributed by atoms with E-state index in [-0.39, 0.29) is 0 Å². The fourth-order valence-corrected chi connectivity index (χ4v) is 2.83. The van der Waals surface area contributed by atoms with Gasteiger partial charge in [-0.15, -0.1) is 11.3 Å². The van der Waals surface area contributed by atoms with E-state index in [4.69, 9.17) is 23.8 Å². The molecule has 0 bridgehead atoms. The number of halogens is 1. The van der Waals surface area contributed by atoms with Crippen molar-refractivity contribution in [2.45, 2.75) is 19.9 Å². The fraction of sp³-hybridized carbons (Fsp3) is 0.300. The smallest absolute Gasteiger partial charge is 0.177 e. The first-order valence-corrected chi connectivity index (χ1v) is 6.26. The molecule has 0 atom stereocenters. The maximum absolute atomic E-state index is 5.86. The lowest BCUT2D eigenvalue weighted by Gasteiger charge is -1.99. The van der Waals surface area contributed by atoms with E-state index < -0.39 is 0 Å². The van der Waals surface area contributed by atoms with Crippen molar-refractivity contribution in [3.63, 3.8) is 0 Å². The Morgan fingerprint density at radius 3 is 2.87 bits per heavy atom. The number of hydrogen-bond donors (Lipinski definition) is 1. The average molecular weight is 259 g/mol. The lowest BCUT2D eigenvalue weighted by atomic mass is 10.3. The Morgan fingerprint density at radius 1 is 1.53 bits per heavy atom. The molecule has 0 aliphatic carbocycles. The summed E-state index contributed by atoms with van der Waals surface area (Å²) in [7, 11) is 0. The summed E-state index contributed by atoms with van der Waals surface area (Å²) in [6, 6.07) is 4.00. The second-order valence-corrected chi connectivity index (χ2v) is 5.58. The minimum atomic E-state index is 0.787. The van der Waals surface area contributed by atoms with Crippen molar-refractivity contribution in [1.82, 2.24) is 9.55 Å². The van der Waals surface area contributed by atoms with Gasteiger partial charge in [0.2, 0.25) is 0 Å². The van der Waals surface area contributed by atoms with Crippen LogP contribution in [0.4, 0.5) is 0 Å². The lowest BCUT2D eigenvalue weighted by Crippen LogP contribution is -1.98. The molecule has 0 saturated carbocycles. The molecule has 0 fully saturated rings. The molecular formula is C10H11ClN2S2. The van der Waals surface area contributed by atoms with Crippen LogP contribution in [0.2, 0.25) is 4.34 Å². The predicted octanol–water partition coefficient (Wildman–Crippen LogP) is 3.81. The maximum atomic E-state index is 5.86. The molecule has 2 heterocycles. The highest BCUT2D eigenvalue weighted by atomic mass is 35.5. The molecule has 0 saturated heterocycles. The third-order valence-corrected chi connectivity index (χ3v) is 3.77. The maximum Gasteiger partial charge on any atom is 0.177 e. The van der Waals surface area contributed by atoms with Crippen LogP contribution in [0.5, 0.6) is 0 Å². The lowest BCUT2D eigenvalue weighted by molar-refractivity contribution is 0.692. The van der Waals surface area contributed by atoms with Gasteiger partial charge in [0.05, 0.1) is 4.34 Å². The minimum Gasteiger partial charge on any atom is -0.335 e. The number of nitrogens with zero attached hydrogens (tertiary/aromatic N) is 1. The Hall–Kier alpha value is -0.580. The van der Waals surface area contributed by atoms with Gasteiger partial charge in [-0.3, -0.25) is 0 Å². The SMILES string of the molecule is Cc1cn(CCc2ccc(Cl)s2)c(=S)[nH]1. The quantitative estimate of drug-likeness (QED) is 0.831. The molecule has 0 aliphatic rings. The molecule has 0 spiro atoms. The average Bonchev–Trinajstić information content (AvgIpc) is 2.70. The Kier molecular flexibility index (Phi) is 3.29. The highest BCUT2D eigenvalue weighted by Crippen LogP contribution is 2.22. The van der Waals surface area contributed by atoms with Crippen LogP contribution in [0.1, 0.15) is 10.6 Å². The summed E-state index contributed by atoms with van der Waals surface area (Å²) < 4.78 is 3.69. The van der Waals surface area contributed by atoms with E-state index in [1.807, 2.05) is 19.2 Å². The molecule has 0 aliphatic heterocycles. The summed E-state index contributed by atoms with van der Waals surface area (Å²) in [5.74, 6) is 0. The van der Waals surface area contributed by atoms with Crippen LogP contribution in [0, 0.1) is 11.7 Å². The zero-order valence-electron chi connectivity index (χ0n) is 8.29. The van der Waals surface area contributed by atoms with Gasteiger partial charge < -0.3 is 9.55 Å². The molecule has 2 rings (SSSR count). The fourth-order valence-electron chi connectivity index (χ4n) is 1.45. The number of thiophene rings is 1. The molecule has 0 aromatic carbocycles. The molecule has 2 aromatic rings. The summed E-state index contributed by atoms with van der Waals surface area (Å²) in [6.45, 7) is 2.91. The van der Waals surface area contributed by atoms with E-state index in [0.29, 0.717) is 0 Å². The van der Waals surface area contributed by atoms with Crippen molar-refractivity contribution >= 4 is 35.2 Å². The third kappa shape index (κ3) is 2.71. The zero-order chi connectivity index (χ0) is 10.8. The molecular weight excluding hydrogens is 248 g/mol. The number of aromatic nitrogens is 2. The van der Waals surface area contributed by atoms with Gasteiger partial charge >= 0.3 is 0 Å². The summed E-state index contributed by atoms with van der Waals surface area (Å²) in [5.41, 5.74) is 1.10. The summed E-state index contributed by atoms with van der Waals surface area (Å²) in [6.07, 6.45) is 3.01. The number of H-pyrrole nitrogens is 1. The van der Waals surface area contributed by atoms with Gasteiger partial charge in [-0.05, 0) is 37.7 Å². The van der Waals surface area contributed by atoms with E-state index in [0.717, 1.165) is 27.8 Å². The van der Waals surface area contributed by atoms with Crippen LogP contribution < -0.4 is 0 Å². The van der Waals surface area contributed by atoms with Gasteiger partial charge in [0.25, 0.3) is 0 Å². The Labute approximate surface area is 103 Å². The van der Waals surface area contributed by atoms with Gasteiger partial charge in [0, 0.05) is 23.3 Å². The zero-order valence-corrected chi connectivity index (χ0v) is 10.7. The molecule has 15 heavy (non-hydrogen) atoms. The van der Waals surface area contributed by atoms with Gasteiger partial charge in [-0.25, -0.2) is 0 Å². The van der Waals surface area contributed by atoms with Crippen molar-refractivity contribution in [3.8, 4) is 0 Å². The number of aromatic amines is 1. The monoisotopic (exact) mass is 258 g/mol. The van der Waals surface area contributed by atoms with Crippen molar-refractivity contribution in [2.24, 2.45) is 0 Å². The van der Waals surface area contributed by atoms with Gasteiger partial charge in [0.15, 0.2) is 4.77 Å².